The van der Waals surface area contributed by atoms with E-state index in [-0.39, 0.29) is 23.9 Å². The molecule has 1 amide bonds. The van der Waals surface area contributed by atoms with Gasteiger partial charge in [-0.05, 0) is 65.3 Å². The van der Waals surface area contributed by atoms with E-state index < -0.39 is 0 Å². The van der Waals surface area contributed by atoms with Crippen LogP contribution in [0.25, 0.3) is 0 Å². The van der Waals surface area contributed by atoms with E-state index in [0.29, 0.717) is 57.0 Å². The van der Waals surface area contributed by atoms with Crippen LogP contribution in [-0.4, -0.2) is 34.2 Å². The first-order valence-corrected chi connectivity index (χ1v) is 11.9. The van der Waals surface area contributed by atoms with Crippen LogP contribution in [-0.2, 0) is 4.79 Å². The highest BCUT2D eigenvalue weighted by molar-refractivity contribution is 6.41. The molecule has 33 heavy (non-hydrogen) atoms. The third-order valence-corrected chi connectivity index (χ3v) is 6.36. The highest BCUT2D eigenvalue weighted by atomic mass is 35.5. The maximum absolute atomic E-state index is 11.7. The lowest BCUT2D eigenvalue weighted by molar-refractivity contribution is -0.122. The molecule has 3 rings (SSSR count). The van der Waals surface area contributed by atoms with Crippen molar-refractivity contribution in [3.63, 3.8) is 0 Å². The Bertz CT molecular complexity index is 1050. The van der Waals surface area contributed by atoms with E-state index in [1.165, 1.54) is 0 Å². The molecule has 1 fully saturated rings. The molecule has 1 aromatic heterocycles. The number of imidazole rings is 1. The van der Waals surface area contributed by atoms with E-state index in [0.717, 1.165) is 12.8 Å². The smallest absolute Gasteiger partial charge is 0.224 e. The number of primary amides is 1. The zero-order chi connectivity index (χ0) is 24.3. The normalized spacial score (nSPS) is 18.9. The van der Waals surface area contributed by atoms with Gasteiger partial charge in [0.2, 0.25) is 17.8 Å². The van der Waals surface area contributed by atoms with E-state index >= 15 is 0 Å². The molecule has 8 nitrogen and oxygen atoms in total. The van der Waals surface area contributed by atoms with Crippen LogP contribution in [0.3, 0.4) is 0 Å². The molecule has 1 aromatic carbocycles. The molecule has 2 aromatic rings. The summed E-state index contributed by atoms with van der Waals surface area (Å²) in [5, 5.41) is 7.63. The van der Waals surface area contributed by atoms with Crippen LogP contribution >= 0.6 is 34.8 Å². The van der Waals surface area contributed by atoms with E-state index in [9.17, 15) is 4.79 Å². The van der Waals surface area contributed by atoms with Crippen molar-refractivity contribution in [3.05, 3.63) is 32.9 Å². The second-order valence-electron chi connectivity index (χ2n) is 8.38. The van der Waals surface area contributed by atoms with E-state index in [1.807, 2.05) is 25.3 Å². The lowest BCUT2D eigenvalue weighted by Crippen LogP contribution is -2.29. The Morgan fingerprint density at radius 2 is 1.82 bits per heavy atom. The number of nitrogens with one attached hydrogen (secondary N) is 2. The monoisotopic (exact) mass is 511 g/mol. The number of amides is 1. The summed E-state index contributed by atoms with van der Waals surface area (Å²) in [4.78, 5) is 25.1. The van der Waals surface area contributed by atoms with Crippen molar-refractivity contribution in [1.29, 1.82) is 0 Å². The number of carbonyl (C=O) groups is 1. The summed E-state index contributed by atoms with van der Waals surface area (Å²) in [6.45, 7) is 9.49. The van der Waals surface area contributed by atoms with Crippen LogP contribution in [0.5, 0.6) is 0 Å². The van der Waals surface area contributed by atoms with Crippen LogP contribution in [0.15, 0.2) is 22.1 Å². The van der Waals surface area contributed by atoms with E-state index in [2.05, 4.69) is 22.3 Å². The van der Waals surface area contributed by atoms with Crippen molar-refractivity contribution in [2.75, 3.05) is 5.32 Å². The van der Waals surface area contributed by atoms with Crippen LogP contribution < -0.4 is 16.4 Å². The molecule has 1 aliphatic carbocycles. The first-order chi connectivity index (χ1) is 15.6. The largest absolute Gasteiger partial charge is 0.369 e. The van der Waals surface area contributed by atoms with Crippen molar-refractivity contribution in [2.45, 2.75) is 58.5 Å². The summed E-state index contributed by atoms with van der Waals surface area (Å²) < 4.78 is 2.01. The summed E-state index contributed by atoms with van der Waals surface area (Å²) >= 11 is 18.9. The zero-order valence-electron chi connectivity index (χ0n) is 18.8. The predicted molar refractivity (Wildman–Crippen MR) is 137 cm³/mol. The Kier molecular flexibility index (Phi) is 8.26. The average Bonchev–Trinajstić information content (AvgIpc) is 3.04. The van der Waals surface area contributed by atoms with Crippen molar-refractivity contribution in [2.24, 2.45) is 21.6 Å². The van der Waals surface area contributed by atoms with Crippen LogP contribution in [0, 0.1) is 12.8 Å². The molecule has 1 saturated carbocycles. The molecular formula is C22H28Cl3N7O. The number of aryl methyl sites for hydroxylation is 1. The number of guanidine groups is 1. The summed E-state index contributed by atoms with van der Waals surface area (Å²) in [7, 11) is 0. The molecule has 0 aliphatic heterocycles. The first-order valence-electron chi connectivity index (χ1n) is 10.7. The van der Waals surface area contributed by atoms with Gasteiger partial charge in [-0.1, -0.05) is 34.8 Å². The molecule has 11 heteroatoms. The van der Waals surface area contributed by atoms with E-state index in [1.54, 1.807) is 12.1 Å². The number of benzene rings is 1. The van der Waals surface area contributed by atoms with Crippen LogP contribution in [0.4, 0.5) is 17.5 Å². The number of aromatic nitrogens is 2. The number of halogens is 3. The number of hydrogen-bond acceptors (Lipinski definition) is 4. The van der Waals surface area contributed by atoms with Gasteiger partial charge in [0.1, 0.15) is 0 Å². The number of nitrogens with two attached hydrogens (primary N) is 1. The average molecular weight is 513 g/mol. The Morgan fingerprint density at radius 3 is 2.33 bits per heavy atom. The second-order valence-corrected chi connectivity index (χ2v) is 9.64. The Hall–Kier alpha value is -2.29. The summed E-state index contributed by atoms with van der Waals surface area (Å²) in [6.07, 6.45) is 2.88. The molecule has 0 spiro atoms. The zero-order valence-corrected chi connectivity index (χ0v) is 21.1. The number of hydrogen-bond donors (Lipinski definition) is 3. The Labute approximate surface area is 208 Å². The maximum Gasteiger partial charge on any atom is 0.224 e. The van der Waals surface area contributed by atoms with Gasteiger partial charge in [-0.25, -0.2) is 9.98 Å². The minimum Gasteiger partial charge on any atom is -0.369 e. The molecule has 0 unspecified atom stereocenters. The molecule has 0 atom stereocenters. The maximum atomic E-state index is 11.7. The van der Waals surface area contributed by atoms with Gasteiger partial charge in [0.15, 0.2) is 5.82 Å². The number of carbonyl (C=O) groups excluding carboxylic acids is 1. The van der Waals surface area contributed by atoms with E-state index in [4.69, 9.17) is 50.5 Å². The molecule has 1 aliphatic rings. The lowest BCUT2D eigenvalue weighted by Gasteiger charge is -2.29. The molecule has 178 valence electrons. The predicted octanol–water partition coefficient (Wildman–Crippen LogP) is 5.80. The number of rotatable bonds is 6. The summed E-state index contributed by atoms with van der Waals surface area (Å²) in [5.74, 6) is 1.19. The van der Waals surface area contributed by atoms with Gasteiger partial charge in [0.05, 0.1) is 21.4 Å². The van der Waals surface area contributed by atoms with Gasteiger partial charge >= 0.3 is 0 Å². The fourth-order valence-electron chi connectivity index (χ4n) is 3.97. The van der Waals surface area contributed by atoms with Gasteiger partial charge in [0.25, 0.3) is 0 Å². The summed E-state index contributed by atoms with van der Waals surface area (Å²) in [5.41, 5.74) is 6.73. The van der Waals surface area contributed by atoms with Crippen LogP contribution in [0.1, 0.15) is 51.3 Å². The fraction of sp³-hybridized carbons (Fsp3) is 0.455. The standard InChI is InChI=1S/C22H28Cl3N7O/c1-11(2)28-21(27-4)31-20-12(3)29-22(30-18-16(24)9-14(23)10-17(18)25)32(20)15-7-5-13(6-8-15)19(26)33/h9-11,13,15H,4-8H2,1-3H3,(H2,26,33)(H,28,31)(H,29,30)/t13-,15+. The fourth-order valence-corrected chi connectivity index (χ4v) is 4.88. The Balaban J connectivity index is 2.07. The lowest BCUT2D eigenvalue weighted by atomic mass is 9.85. The molecule has 4 N–H and O–H groups in total. The first kappa shape index (κ1) is 25.3. The topological polar surface area (TPSA) is 110 Å². The van der Waals surface area contributed by atoms with Crippen LogP contribution in [0.2, 0.25) is 15.1 Å². The minimum absolute atomic E-state index is 0.0398. The highest BCUT2D eigenvalue weighted by Gasteiger charge is 2.30. The van der Waals surface area contributed by atoms with Crippen molar-refractivity contribution >= 4 is 70.8 Å². The highest BCUT2D eigenvalue weighted by Crippen LogP contribution is 2.41. The Morgan fingerprint density at radius 1 is 1.21 bits per heavy atom. The molecule has 1 heterocycles. The van der Waals surface area contributed by atoms with Gasteiger partial charge in [-0.2, -0.15) is 4.99 Å². The molecule has 0 bridgehead atoms. The third kappa shape index (κ3) is 5.99. The van der Waals surface area contributed by atoms with Gasteiger partial charge < -0.3 is 16.4 Å². The van der Waals surface area contributed by atoms with Gasteiger partial charge in [0, 0.05) is 23.0 Å². The SMILES string of the molecule is C=N/C(=N\c1c(C)nc(Nc2c(Cl)cc(Cl)cc2Cl)n1[C@H]1CC[C@@H](C(N)=O)CC1)NC(C)C. The van der Waals surface area contributed by atoms with Crippen molar-refractivity contribution < 1.29 is 4.79 Å². The second kappa shape index (κ2) is 10.8. The van der Waals surface area contributed by atoms with Crippen molar-refractivity contribution in [3.8, 4) is 0 Å². The molecule has 0 saturated heterocycles. The number of nitrogens with zero attached hydrogens (tertiary/aromatic N) is 4. The molecular weight excluding hydrogens is 485 g/mol. The van der Waals surface area contributed by atoms with Gasteiger partial charge in [-0.15, -0.1) is 0 Å². The third-order valence-electron chi connectivity index (χ3n) is 5.54. The molecule has 0 radical (unpaired) electrons. The summed E-state index contributed by atoms with van der Waals surface area (Å²) in [6, 6.07) is 3.39. The van der Waals surface area contributed by atoms with Gasteiger partial charge in [-0.3, -0.25) is 9.36 Å². The minimum atomic E-state index is -0.258. The van der Waals surface area contributed by atoms with Crippen molar-refractivity contribution in [1.82, 2.24) is 14.9 Å². The number of anilines is 2. The quantitative estimate of drug-likeness (QED) is 0.336. The number of aliphatic imine (C=N–C) groups is 2.